The third kappa shape index (κ3) is 3.46. The number of methoxy groups -OCH3 is 1. The summed E-state index contributed by atoms with van der Waals surface area (Å²) in [4.78, 5) is 11.8. The molecule has 1 amide bonds. The molecular weight excluding hydrogens is 206 g/mol. The molecule has 0 aliphatic heterocycles. The Hall–Kier alpha value is -0.610. The van der Waals surface area contributed by atoms with Gasteiger partial charge in [0.2, 0.25) is 5.91 Å². The molecule has 1 saturated carbocycles. The second-order valence-corrected chi connectivity index (χ2v) is 5.33. The summed E-state index contributed by atoms with van der Waals surface area (Å²) >= 11 is 0. The number of hydrogen-bond donors (Lipinski definition) is 2. The Bertz CT molecular complexity index is 245. The lowest BCUT2D eigenvalue weighted by atomic mass is 9.97. The lowest BCUT2D eigenvalue weighted by Gasteiger charge is -2.30. The number of nitrogens with one attached hydrogen (secondary N) is 1. The molecule has 0 radical (unpaired) electrons. The van der Waals surface area contributed by atoms with E-state index in [1.165, 1.54) is 0 Å². The molecule has 0 aromatic rings. The molecule has 0 aromatic carbocycles. The third-order valence-corrected chi connectivity index (χ3v) is 3.41. The van der Waals surface area contributed by atoms with E-state index in [2.05, 4.69) is 5.32 Å². The van der Waals surface area contributed by atoms with Gasteiger partial charge in [-0.2, -0.15) is 0 Å². The first-order valence-corrected chi connectivity index (χ1v) is 5.90. The molecule has 1 aliphatic carbocycles. The molecular formula is C12H23NO3. The second-order valence-electron chi connectivity index (χ2n) is 5.33. The smallest absolute Gasteiger partial charge is 0.223 e. The van der Waals surface area contributed by atoms with Crippen molar-refractivity contribution in [2.75, 3.05) is 13.7 Å². The monoisotopic (exact) mass is 229 g/mol. The Morgan fingerprint density at radius 1 is 1.44 bits per heavy atom. The van der Waals surface area contributed by atoms with E-state index in [1.807, 2.05) is 13.8 Å². The standard InChI is InChI=1S/C12H23NO3/c1-11(2,16-3)8-10(15)13-12(9-14)6-4-5-7-12/h14H,4-9H2,1-3H3,(H,13,15). The maximum absolute atomic E-state index is 11.8. The fourth-order valence-corrected chi connectivity index (χ4v) is 2.17. The summed E-state index contributed by atoms with van der Waals surface area (Å²) in [6.07, 6.45) is 4.24. The van der Waals surface area contributed by atoms with E-state index in [4.69, 9.17) is 4.74 Å². The van der Waals surface area contributed by atoms with Crippen molar-refractivity contribution in [2.24, 2.45) is 0 Å². The summed E-state index contributed by atoms with van der Waals surface area (Å²) in [6, 6.07) is 0. The van der Waals surface area contributed by atoms with Crippen molar-refractivity contribution in [3.63, 3.8) is 0 Å². The number of aliphatic hydroxyl groups excluding tert-OH is 1. The lowest BCUT2D eigenvalue weighted by molar-refractivity contribution is -0.128. The van der Waals surface area contributed by atoms with Crippen LogP contribution >= 0.6 is 0 Å². The van der Waals surface area contributed by atoms with Gasteiger partial charge in [-0.15, -0.1) is 0 Å². The first-order valence-electron chi connectivity index (χ1n) is 5.90. The highest BCUT2D eigenvalue weighted by molar-refractivity contribution is 5.77. The Kier molecular flexibility index (Phi) is 4.33. The average Bonchev–Trinajstić information content (AvgIpc) is 2.66. The van der Waals surface area contributed by atoms with Crippen LogP contribution < -0.4 is 5.32 Å². The number of aliphatic hydroxyl groups is 1. The predicted octanol–water partition coefficient (Wildman–Crippen LogP) is 1.22. The van der Waals surface area contributed by atoms with Crippen LogP contribution in [0.3, 0.4) is 0 Å². The molecule has 2 N–H and O–H groups in total. The molecule has 94 valence electrons. The summed E-state index contributed by atoms with van der Waals surface area (Å²) in [5.74, 6) is -0.0391. The zero-order valence-electron chi connectivity index (χ0n) is 10.5. The molecule has 1 aliphatic rings. The van der Waals surface area contributed by atoms with Gasteiger partial charge in [0.15, 0.2) is 0 Å². The SMILES string of the molecule is COC(C)(C)CC(=O)NC1(CO)CCCC1. The van der Waals surface area contributed by atoms with Gasteiger partial charge in [0.1, 0.15) is 0 Å². The largest absolute Gasteiger partial charge is 0.394 e. The van der Waals surface area contributed by atoms with Gasteiger partial charge in [0, 0.05) is 7.11 Å². The van der Waals surface area contributed by atoms with Crippen LogP contribution in [0.2, 0.25) is 0 Å². The number of rotatable bonds is 5. The van der Waals surface area contributed by atoms with E-state index in [-0.39, 0.29) is 18.1 Å². The molecule has 4 heteroatoms. The highest BCUT2D eigenvalue weighted by atomic mass is 16.5. The zero-order chi connectivity index (χ0) is 12.2. The Morgan fingerprint density at radius 3 is 2.44 bits per heavy atom. The molecule has 0 bridgehead atoms. The molecule has 0 spiro atoms. The fraction of sp³-hybridized carbons (Fsp3) is 0.917. The molecule has 1 rings (SSSR count). The van der Waals surface area contributed by atoms with E-state index in [9.17, 15) is 9.90 Å². The highest BCUT2D eigenvalue weighted by Gasteiger charge is 2.35. The van der Waals surface area contributed by atoms with Gasteiger partial charge >= 0.3 is 0 Å². The molecule has 1 fully saturated rings. The zero-order valence-corrected chi connectivity index (χ0v) is 10.5. The Balaban J connectivity index is 2.50. The van der Waals surface area contributed by atoms with Crippen molar-refractivity contribution in [3.8, 4) is 0 Å². The average molecular weight is 229 g/mol. The van der Waals surface area contributed by atoms with Crippen molar-refractivity contribution < 1.29 is 14.6 Å². The normalized spacial score (nSPS) is 19.8. The minimum atomic E-state index is -0.445. The van der Waals surface area contributed by atoms with Gasteiger partial charge in [-0.1, -0.05) is 12.8 Å². The summed E-state index contributed by atoms with van der Waals surface area (Å²) in [5.41, 5.74) is -0.819. The molecule has 4 nitrogen and oxygen atoms in total. The number of carbonyl (C=O) groups is 1. The van der Waals surface area contributed by atoms with E-state index in [0.717, 1.165) is 25.7 Å². The van der Waals surface area contributed by atoms with Gasteiger partial charge in [-0.3, -0.25) is 4.79 Å². The van der Waals surface area contributed by atoms with Crippen molar-refractivity contribution in [2.45, 2.75) is 57.1 Å². The van der Waals surface area contributed by atoms with Crippen LogP contribution in [-0.4, -0.2) is 35.9 Å². The van der Waals surface area contributed by atoms with Crippen molar-refractivity contribution in [1.82, 2.24) is 5.32 Å². The van der Waals surface area contributed by atoms with Crippen molar-refractivity contribution >= 4 is 5.91 Å². The summed E-state index contributed by atoms with van der Waals surface area (Å²) < 4.78 is 5.22. The fourth-order valence-electron chi connectivity index (χ4n) is 2.17. The molecule has 0 atom stereocenters. The van der Waals surface area contributed by atoms with Crippen LogP contribution in [0.4, 0.5) is 0 Å². The number of carbonyl (C=O) groups excluding carboxylic acids is 1. The first kappa shape index (κ1) is 13.5. The Labute approximate surface area is 97.4 Å². The minimum absolute atomic E-state index is 0.0339. The summed E-state index contributed by atoms with van der Waals surface area (Å²) in [5, 5.41) is 12.3. The van der Waals surface area contributed by atoms with Crippen LogP contribution in [0.25, 0.3) is 0 Å². The van der Waals surface area contributed by atoms with Crippen LogP contribution in [0, 0.1) is 0 Å². The number of hydrogen-bond acceptors (Lipinski definition) is 3. The number of ether oxygens (including phenoxy) is 1. The van der Waals surface area contributed by atoms with Gasteiger partial charge in [0.25, 0.3) is 0 Å². The van der Waals surface area contributed by atoms with Gasteiger partial charge in [0.05, 0.1) is 24.2 Å². The van der Waals surface area contributed by atoms with Gasteiger partial charge < -0.3 is 15.2 Å². The summed E-state index contributed by atoms with van der Waals surface area (Å²) in [6.45, 7) is 3.80. The van der Waals surface area contributed by atoms with Crippen molar-refractivity contribution in [1.29, 1.82) is 0 Å². The van der Waals surface area contributed by atoms with E-state index < -0.39 is 5.60 Å². The van der Waals surface area contributed by atoms with Crippen LogP contribution in [0.1, 0.15) is 46.0 Å². The van der Waals surface area contributed by atoms with Crippen molar-refractivity contribution in [3.05, 3.63) is 0 Å². The molecule has 0 unspecified atom stereocenters. The second kappa shape index (κ2) is 5.15. The Morgan fingerprint density at radius 2 is 2.00 bits per heavy atom. The van der Waals surface area contributed by atoms with E-state index in [0.29, 0.717) is 6.42 Å². The van der Waals surface area contributed by atoms with E-state index in [1.54, 1.807) is 7.11 Å². The molecule has 0 saturated heterocycles. The highest BCUT2D eigenvalue weighted by Crippen LogP contribution is 2.29. The number of amides is 1. The minimum Gasteiger partial charge on any atom is -0.394 e. The maximum Gasteiger partial charge on any atom is 0.223 e. The van der Waals surface area contributed by atoms with Gasteiger partial charge in [-0.25, -0.2) is 0 Å². The topological polar surface area (TPSA) is 58.6 Å². The van der Waals surface area contributed by atoms with Gasteiger partial charge in [-0.05, 0) is 26.7 Å². The third-order valence-electron chi connectivity index (χ3n) is 3.41. The first-order chi connectivity index (χ1) is 7.43. The van der Waals surface area contributed by atoms with Crippen LogP contribution in [0.15, 0.2) is 0 Å². The quantitative estimate of drug-likeness (QED) is 0.745. The van der Waals surface area contributed by atoms with Crippen LogP contribution in [-0.2, 0) is 9.53 Å². The molecule has 0 heterocycles. The van der Waals surface area contributed by atoms with E-state index >= 15 is 0 Å². The maximum atomic E-state index is 11.8. The predicted molar refractivity (Wildman–Crippen MR) is 62.1 cm³/mol. The summed E-state index contributed by atoms with van der Waals surface area (Å²) in [7, 11) is 1.60. The lowest BCUT2D eigenvalue weighted by Crippen LogP contribution is -2.50. The molecule has 16 heavy (non-hydrogen) atoms. The molecule has 0 aromatic heterocycles. The van der Waals surface area contributed by atoms with Crippen LogP contribution in [0.5, 0.6) is 0 Å².